The van der Waals surface area contributed by atoms with Gasteiger partial charge in [-0.05, 0) is 13.3 Å². The van der Waals surface area contributed by atoms with Crippen LogP contribution in [0.5, 0.6) is 0 Å². The van der Waals surface area contributed by atoms with Crippen LogP contribution in [0.3, 0.4) is 0 Å². The molecule has 1 saturated heterocycles. The van der Waals surface area contributed by atoms with Gasteiger partial charge in [-0.15, -0.1) is 0 Å². The molecule has 0 aromatic carbocycles. The molecule has 2 atom stereocenters. The minimum atomic E-state index is 0.234. The Hall–Kier alpha value is -0.160. The van der Waals surface area contributed by atoms with Gasteiger partial charge >= 0.3 is 0 Å². The molecule has 0 spiro atoms. The maximum Gasteiger partial charge on any atom is 0.0615 e. The number of hydrogen-bond donors (Lipinski definition) is 4. The zero-order valence-electron chi connectivity index (χ0n) is 6.22. The van der Waals surface area contributed by atoms with Crippen LogP contribution in [-0.4, -0.2) is 30.7 Å². The van der Waals surface area contributed by atoms with Crippen LogP contribution in [0.2, 0.25) is 0 Å². The van der Waals surface area contributed by atoms with Crippen LogP contribution in [-0.2, 0) is 0 Å². The van der Waals surface area contributed by atoms with Crippen molar-refractivity contribution in [2.75, 3.05) is 13.3 Å². The molecular formula is C6H15N3O. The third kappa shape index (κ3) is 2.22. The monoisotopic (exact) mass is 145 g/mol. The summed E-state index contributed by atoms with van der Waals surface area (Å²) in [7, 11) is 0. The Kier molecular flexibility index (Phi) is 3.08. The SMILES string of the molecule is CC1NCNC(CCO)N1. The minimum Gasteiger partial charge on any atom is -0.396 e. The normalized spacial score (nSPS) is 34.2. The molecule has 0 aliphatic carbocycles. The number of hydrogen-bond acceptors (Lipinski definition) is 4. The van der Waals surface area contributed by atoms with Gasteiger partial charge in [-0.25, -0.2) is 0 Å². The lowest BCUT2D eigenvalue weighted by atomic mass is 10.3. The second-order valence-electron chi connectivity index (χ2n) is 2.54. The van der Waals surface area contributed by atoms with E-state index in [1.807, 2.05) is 0 Å². The molecule has 1 aliphatic heterocycles. The van der Waals surface area contributed by atoms with Crippen LogP contribution >= 0.6 is 0 Å². The predicted molar refractivity (Wildman–Crippen MR) is 39.2 cm³/mol. The Bertz CT molecular complexity index is 97.0. The quantitative estimate of drug-likeness (QED) is 0.393. The van der Waals surface area contributed by atoms with Gasteiger partial charge in [-0.2, -0.15) is 0 Å². The summed E-state index contributed by atoms with van der Waals surface area (Å²) in [4.78, 5) is 0. The number of nitrogens with one attached hydrogen (secondary N) is 3. The van der Waals surface area contributed by atoms with Gasteiger partial charge in [0.15, 0.2) is 0 Å². The van der Waals surface area contributed by atoms with Gasteiger partial charge in [0.1, 0.15) is 0 Å². The van der Waals surface area contributed by atoms with Crippen LogP contribution in [0, 0.1) is 0 Å². The summed E-state index contributed by atoms with van der Waals surface area (Å²) in [5.74, 6) is 0. The molecule has 1 rings (SSSR count). The van der Waals surface area contributed by atoms with Crippen LogP contribution in [0.15, 0.2) is 0 Å². The molecule has 60 valence electrons. The zero-order valence-corrected chi connectivity index (χ0v) is 6.22. The van der Waals surface area contributed by atoms with Crippen molar-refractivity contribution in [3.05, 3.63) is 0 Å². The molecule has 0 saturated carbocycles. The highest BCUT2D eigenvalue weighted by Crippen LogP contribution is 1.91. The van der Waals surface area contributed by atoms with Gasteiger partial charge in [0.25, 0.3) is 0 Å². The van der Waals surface area contributed by atoms with E-state index in [0.717, 1.165) is 13.1 Å². The first-order valence-corrected chi connectivity index (χ1v) is 3.66. The molecule has 1 heterocycles. The molecule has 0 aromatic heterocycles. The van der Waals surface area contributed by atoms with Crippen LogP contribution in [0.25, 0.3) is 0 Å². The first-order valence-electron chi connectivity index (χ1n) is 3.66. The van der Waals surface area contributed by atoms with E-state index in [0.29, 0.717) is 6.17 Å². The van der Waals surface area contributed by atoms with Crippen LogP contribution in [0.4, 0.5) is 0 Å². The third-order valence-corrected chi connectivity index (χ3v) is 1.63. The topological polar surface area (TPSA) is 56.3 Å². The summed E-state index contributed by atoms with van der Waals surface area (Å²) >= 11 is 0. The second-order valence-corrected chi connectivity index (χ2v) is 2.54. The van der Waals surface area contributed by atoms with Crippen molar-refractivity contribution in [2.24, 2.45) is 0 Å². The molecule has 4 nitrogen and oxygen atoms in total. The molecule has 1 aliphatic rings. The van der Waals surface area contributed by atoms with Crippen molar-refractivity contribution in [2.45, 2.75) is 25.7 Å². The lowest BCUT2D eigenvalue weighted by Crippen LogP contribution is -2.60. The summed E-state index contributed by atoms with van der Waals surface area (Å²) in [6.45, 7) is 3.11. The van der Waals surface area contributed by atoms with E-state index < -0.39 is 0 Å². The Labute approximate surface area is 61.0 Å². The minimum absolute atomic E-state index is 0.234. The lowest BCUT2D eigenvalue weighted by molar-refractivity contribution is 0.209. The van der Waals surface area contributed by atoms with Crippen molar-refractivity contribution in [3.63, 3.8) is 0 Å². The van der Waals surface area contributed by atoms with Gasteiger partial charge in [0.2, 0.25) is 0 Å². The molecule has 4 heteroatoms. The fourth-order valence-electron chi connectivity index (χ4n) is 1.07. The Balaban J connectivity index is 2.18. The Morgan fingerprint density at radius 2 is 2.30 bits per heavy atom. The van der Waals surface area contributed by atoms with Crippen molar-refractivity contribution in [1.29, 1.82) is 0 Å². The summed E-state index contributed by atoms with van der Waals surface area (Å²) in [5.41, 5.74) is 0. The first kappa shape index (κ1) is 7.94. The average Bonchev–Trinajstić information content (AvgIpc) is 1.88. The standard InChI is InChI=1S/C6H15N3O/c1-5-7-4-8-6(9-5)2-3-10/h5-10H,2-4H2,1H3. The number of rotatable bonds is 2. The maximum absolute atomic E-state index is 8.60. The molecule has 0 aromatic rings. The Morgan fingerprint density at radius 1 is 1.50 bits per heavy atom. The van der Waals surface area contributed by atoms with Crippen LogP contribution < -0.4 is 16.0 Å². The van der Waals surface area contributed by atoms with Gasteiger partial charge in [-0.3, -0.25) is 16.0 Å². The van der Waals surface area contributed by atoms with Crippen molar-refractivity contribution in [1.82, 2.24) is 16.0 Å². The highest BCUT2D eigenvalue weighted by Gasteiger charge is 2.14. The Morgan fingerprint density at radius 3 is 2.90 bits per heavy atom. The van der Waals surface area contributed by atoms with Crippen molar-refractivity contribution < 1.29 is 5.11 Å². The van der Waals surface area contributed by atoms with Gasteiger partial charge in [0.05, 0.1) is 12.3 Å². The van der Waals surface area contributed by atoms with E-state index in [1.54, 1.807) is 0 Å². The van der Waals surface area contributed by atoms with Crippen LogP contribution in [0.1, 0.15) is 13.3 Å². The highest BCUT2D eigenvalue weighted by atomic mass is 16.3. The summed E-state index contributed by atoms with van der Waals surface area (Å²) in [6.07, 6.45) is 1.38. The van der Waals surface area contributed by atoms with Gasteiger partial charge < -0.3 is 5.11 Å². The molecule has 0 radical (unpaired) electrons. The lowest BCUT2D eigenvalue weighted by Gasteiger charge is -2.30. The fraction of sp³-hybridized carbons (Fsp3) is 1.00. The van der Waals surface area contributed by atoms with Gasteiger partial charge in [0, 0.05) is 13.3 Å². The molecule has 2 unspecified atom stereocenters. The molecule has 0 bridgehead atoms. The van der Waals surface area contributed by atoms with Crippen molar-refractivity contribution in [3.8, 4) is 0 Å². The predicted octanol–water partition coefficient (Wildman–Crippen LogP) is -1.22. The molecule has 1 fully saturated rings. The summed E-state index contributed by atoms with van der Waals surface area (Å²) in [6, 6.07) is 0. The molecule has 10 heavy (non-hydrogen) atoms. The van der Waals surface area contributed by atoms with E-state index >= 15 is 0 Å². The number of aliphatic hydroxyl groups is 1. The van der Waals surface area contributed by atoms with Gasteiger partial charge in [-0.1, -0.05) is 0 Å². The zero-order chi connectivity index (χ0) is 7.40. The smallest absolute Gasteiger partial charge is 0.0615 e. The first-order chi connectivity index (χ1) is 4.83. The molecular weight excluding hydrogens is 130 g/mol. The van der Waals surface area contributed by atoms with E-state index in [4.69, 9.17) is 5.11 Å². The number of aliphatic hydroxyl groups excluding tert-OH is 1. The molecule has 4 N–H and O–H groups in total. The molecule has 0 amide bonds. The highest BCUT2D eigenvalue weighted by molar-refractivity contribution is 4.72. The fourth-order valence-corrected chi connectivity index (χ4v) is 1.07. The van der Waals surface area contributed by atoms with E-state index in [1.165, 1.54) is 0 Å². The second kappa shape index (κ2) is 3.88. The van der Waals surface area contributed by atoms with E-state index in [-0.39, 0.29) is 12.8 Å². The average molecular weight is 145 g/mol. The summed E-state index contributed by atoms with van der Waals surface area (Å²) in [5, 5.41) is 18.2. The largest absolute Gasteiger partial charge is 0.396 e. The van der Waals surface area contributed by atoms with E-state index in [9.17, 15) is 0 Å². The third-order valence-electron chi connectivity index (χ3n) is 1.63. The van der Waals surface area contributed by atoms with Crippen molar-refractivity contribution >= 4 is 0 Å². The van der Waals surface area contributed by atoms with E-state index in [2.05, 4.69) is 22.9 Å². The maximum atomic E-state index is 8.60. The summed E-state index contributed by atoms with van der Waals surface area (Å²) < 4.78 is 0.